The molecule has 34 heavy (non-hydrogen) atoms. The minimum absolute atomic E-state index is 0.141. The van der Waals surface area contributed by atoms with Gasteiger partial charge in [-0.1, -0.05) is 0 Å². The maximum absolute atomic E-state index is 14.3. The number of rotatable bonds is 6. The molecule has 3 aliphatic rings. The van der Waals surface area contributed by atoms with Crippen LogP contribution in [0.25, 0.3) is 0 Å². The van der Waals surface area contributed by atoms with Crippen LogP contribution < -0.4 is 5.32 Å². The summed E-state index contributed by atoms with van der Waals surface area (Å²) in [5.41, 5.74) is -0.922. The summed E-state index contributed by atoms with van der Waals surface area (Å²) in [6.07, 6.45) is 1.12. The lowest BCUT2D eigenvalue weighted by Gasteiger charge is -2.34. The van der Waals surface area contributed by atoms with Crippen molar-refractivity contribution >= 4 is 17.8 Å². The molecule has 2 heterocycles. The monoisotopic (exact) mass is 481 g/mol. The maximum Gasteiger partial charge on any atom is 0.407 e. The molecule has 1 saturated carbocycles. The predicted octanol–water partition coefficient (Wildman–Crippen LogP) is 2.82. The van der Waals surface area contributed by atoms with Gasteiger partial charge in [-0.05, 0) is 51.7 Å². The van der Waals surface area contributed by atoms with Crippen LogP contribution in [0.15, 0.2) is 17.2 Å². The summed E-state index contributed by atoms with van der Waals surface area (Å²) >= 11 is 0. The van der Waals surface area contributed by atoms with Crippen LogP contribution in [-0.2, 0) is 16.0 Å². The van der Waals surface area contributed by atoms with E-state index in [2.05, 4.69) is 20.3 Å². The number of benzene rings is 1. The molecule has 0 aromatic heterocycles. The highest BCUT2D eigenvalue weighted by Crippen LogP contribution is 2.30. The topological polar surface area (TPSA) is 77.5 Å². The number of hydrogen-bond donors (Lipinski definition) is 1. The Hall–Kier alpha value is -2.98. The van der Waals surface area contributed by atoms with Gasteiger partial charge in [0.25, 0.3) is 0 Å². The van der Waals surface area contributed by atoms with Crippen LogP contribution in [0.3, 0.4) is 0 Å². The summed E-state index contributed by atoms with van der Waals surface area (Å²) in [5.74, 6) is -2.87. The average Bonchev–Trinajstić information content (AvgIpc) is 3.49. The van der Waals surface area contributed by atoms with Crippen molar-refractivity contribution in [2.24, 2.45) is 5.10 Å². The number of amidine groups is 1. The van der Waals surface area contributed by atoms with Gasteiger partial charge >= 0.3 is 6.09 Å². The van der Waals surface area contributed by atoms with Crippen molar-refractivity contribution < 1.29 is 27.5 Å². The van der Waals surface area contributed by atoms with Gasteiger partial charge in [-0.25, -0.2) is 18.0 Å². The molecule has 1 saturated heterocycles. The Labute approximate surface area is 196 Å². The number of carbonyl (C=O) groups excluding carboxylic acids is 2. The highest BCUT2D eigenvalue weighted by molar-refractivity contribution is 5.90. The van der Waals surface area contributed by atoms with Gasteiger partial charge < -0.3 is 19.9 Å². The van der Waals surface area contributed by atoms with Crippen LogP contribution in [0.2, 0.25) is 0 Å². The van der Waals surface area contributed by atoms with E-state index in [1.54, 1.807) is 25.7 Å². The summed E-state index contributed by atoms with van der Waals surface area (Å²) in [6, 6.07) is 0.807. The van der Waals surface area contributed by atoms with E-state index in [9.17, 15) is 22.8 Å². The third-order valence-corrected chi connectivity index (χ3v) is 5.92. The highest BCUT2D eigenvalue weighted by atomic mass is 19.2. The van der Waals surface area contributed by atoms with Gasteiger partial charge in [0.15, 0.2) is 11.6 Å². The molecule has 0 bridgehead atoms. The molecule has 8 nitrogen and oxygen atoms in total. The van der Waals surface area contributed by atoms with Crippen molar-refractivity contribution in [2.45, 2.75) is 64.1 Å². The Morgan fingerprint density at radius 2 is 1.85 bits per heavy atom. The van der Waals surface area contributed by atoms with Crippen molar-refractivity contribution in [1.29, 1.82) is 0 Å². The Kier molecular flexibility index (Phi) is 6.64. The largest absolute Gasteiger partial charge is 0.444 e. The van der Waals surface area contributed by atoms with Gasteiger partial charge in [-0.2, -0.15) is 5.10 Å². The summed E-state index contributed by atoms with van der Waals surface area (Å²) < 4.78 is 46.6. The zero-order chi connectivity index (χ0) is 24.6. The standard InChI is InChI=1S/C23H30F3N5O3/c1-23(2,3)34-22(33)27-15(8-14-9-18(25)19(26)11-17(14)24)10-21(32)29-6-7-30-13-31(16-4-5-16)28-20(30)12-29/h9,11,15-16H,4-8,10,12-13H2,1-3H3,(H,27,33). The third-order valence-electron chi connectivity index (χ3n) is 5.92. The average molecular weight is 482 g/mol. The molecule has 1 unspecified atom stereocenters. The molecule has 1 aromatic rings. The molecule has 1 N–H and O–H groups in total. The zero-order valence-corrected chi connectivity index (χ0v) is 19.6. The van der Waals surface area contributed by atoms with Crippen LogP contribution in [0.5, 0.6) is 0 Å². The van der Waals surface area contributed by atoms with Crippen LogP contribution in [-0.4, -0.2) is 76.6 Å². The summed E-state index contributed by atoms with van der Waals surface area (Å²) in [4.78, 5) is 29.3. The zero-order valence-electron chi connectivity index (χ0n) is 19.6. The number of ether oxygens (including phenoxy) is 1. The van der Waals surface area contributed by atoms with Crippen LogP contribution in [0.1, 0.15) is 45.6 Å². The lowest BCUT2D eigenvalue weighted by atomic mass is 10.0. The molecule has 2 aliphatic heterocycles. The fraction of sp³-hybridized carbons (Fsp3) is 0.609. The maximum atomic E-state index is 14.3. The van der Waals surface area contributed by atoms with E-state index >= 15 is 0 Å². The highest BCUT2D eigenvalue weighted by Gasteiger charge is 2.37. The first-order valence-corrected chi connectivity index (χ1v) is 11.5. The molecule has 4 rings (SSSR count). The molecule has 0 radical (unpaired) electrons. The van der Waals surface area contributed by atoms with E-state index in [1.165, 1.54) is 0 Å². The first-order chi connectivity index (χ1) is 16.0. The third kappa shape index (κ3) is 5.92. The lowest BCUT2D eigenvalue weighted by Crippen LogP contribution is -2.52. The molecule has 1 aromatic carbocycles. The first-order valence-electron chi connectivity index (χ1n) is 11.5. The van der Waals surface area contributed by atoms with Crippen molar-refractivity contribution in [3.63, 3.8) is 0 Å². The van der Waals surface area contributed by atoms with Gasteiger partial charge in [0, 0.05) is 37.7 Å². The number of fused-ring (bicyclic) bond motifs is 1. The van der Waals surface area contributed by atoms with Crippen molar-refractivity contribution in [2.75, 3.05) is 26.3 Å². The molecule has 1 atom stereocenters. The minimum atomic E-state index is -1.30. The van der Waals surface area contributed by atoms with E-state index < -0.39 is 35.2 Å². The van der Waals surface area contributed by atoms with Crippen LogP contribution in [0, 0.1) is 17.5 Å². The Balaban J connectivity index is 1.45. The number of nitrogens with zero attached hydrogens (tertiary/aromatic N) is 4. The fourth-order valence-corrected chi connectivity index (χ4v) is 4.08. The summed E-state index contributed by atoms with van der Waals surface area (Å²) in [6.45, 7) is 7.29. The SMILES string of the molecule is CC(C)(C)OC(=O)NC(CC(=O)N1CCN2CN(C3CC3)N=C2C1)Cc1cc(F)c(F)cc1F. The minimum Gasteiger partial charge on any atom is -0.444 e. The van der Waals surface area contributed by atoms with E-state index in [-0.39, 0.29) is 24.3 Å². The normalized spacial score (nSPS) is 19.0. The fourth-order valence-electron chi connectivity index (χ4n) is 4.08. The van der Waals surface area contributed by atoms with E-state index in [4.69, 9.17) is 4.74 Å². The number of amides is 2. The van der Waals surface area contributed by atoms with Gasteiger partial charge in [0.2, 0.25) is 5.91 Å². The Morgan fingerprint density at radius 1 is 1.15 bits per heavy atom. The number of halogens is 3. The number of hydrazone groups is 1. The number of carbonyl (C=O) groups is 2. The second kappa shape index (κ2) is 9.34. The molecule has 11 heteroatoms. The number of piperazine rings is 1. The molecule has 2 amide bonds. The van der Waals surface area contributed by atoms with E-state index in [0.29, 0.717) is 31.7 Å². The number of alkyl carbamates (subject to hydrolysis) is 1. The van der Waals surface area contributed by atoms with E-state index in [0.717, 1.165) is 31.4 Å². The number of hydrogen-bond acceptors (Lipinski definition) is 6. The Bertz CT molecular complexity index is 993. The van der Waals surface area contributed by atoms with Crippen LogP contribution >= 0.6 is 0 Å². The molecule has 186 valence electrons. The van der Waals surface area contributed by atoms with Gasteiger partial charge in [-0.3, -0.25) is 9.80 Å². The van der Waals surface area contributed by atoms with Gasteiger partial charge in [0.1, 0.15) is 23.9 Å². The summed E-state index contributed by atoms with van der Waals surface area (Å²) in [5, 5.41) is 9.28. The van der Waals surface area contributed by atoms with Crippen molar-refractivity contribution in [3.8, 4) is 0 Å². The molecular weight excluding hydrogens is 451 g/mol. The second-order valence-electron chi connectivity index (χ2n) is 10.0. The molecule has 0 spiro atoms. The quantitative estimate of drug-likeness (QED) is 0.633. The smallest absolute Gasteiger partial charge is 0.407 e. The van der Waals surface area contributed by atoms with Crippen molar-refractivity contribution in [1.82, 2.24) is 20.1 Å². The second-order valence-corrected chi connectivity index (χ2v) is 10.0. The lowest BCUT2D eigenvalue weighted by molar-refractivity contribution is -0.131. The molecule has 2 fully saturated rings. The van der Waals surface area contributed by atoms with Gasteiger partial charge in [0.05, 0.1) is 6.54 Å². The first kappa shape index (κ1) is 24.2. The number of nitrogens with one attached hydrogen (secondary N) is 1. The van der Waals surface area contributed by atoms with E-state index in [1.807, 2.05) is 0 Å². The van der Waals surface area contributed by atoms with Crippen LogP contribution in [0.4, 0.5) is 18.0 Å². The predicted molar refractivity (Wildman–Crippen MR) is 118 cm³/mol. The van der Waals surface area contributed by atoms with Gasteiger partial charge in [-0.15, -0.1) is 0 Å². The van der Waals surface area contributed by atoms with Crippen molar-refractivity contribution in [3.05, 3.63) is 35.1 Å². The summed E-state index contributed by atoms with van der Waals surface area (Å²) in [7, 11) is 0. The molecular formula is C23H30F3N5O3. The molecule has 1 aliphatic carbocycles. The Morgan fingerprint density at radius 3 is 2.53 bits per heavy atom.